The quantitative estimate of drug-likeness (QED) is 0.429. The van der Waals surface area contributed by atoms with Gasteiger partial charge in [-0.05, 0) is 12.1 Å². The van der Waals surface area contributed by atoms with Crippen molar-refractivity contribution in [3.63, 3.8) is 0 Å². The van der Waals surface area contributed by atoms with E-state index in [1.54, 1.807) is 0 Å². The SMILES string of the molecule is O=[N+]([O-])c1ccc(O)cc1.O=[N+]([O-])c1ccc([O-])cc1.[Na+]. The summed E-state index contributed by atoms with van der Waals surface area (Å²) < 4.78 is 0. The average Bonchev–Trinajstić information content (AvgIpc) is 2.40. The number of hydrogen-bond acceptors (Lipinski definition) is 6. The van der Waals surface area contributed by atoms with E-state index in [1.165, 1.54) is 36.4 Å². The Morgan fingerprint density at radius 3 is 1.43 bits per heavy atom. The fourth-order valence-corrected chi connectivity index (χ4v) is 1.14. The van der Waals surface area contributed by atoms with Crippen LogP contribution in [0.3, 0.4) is 0 Å². The van der Waals surface area contributed by atoms with Crippen LogP contribution in [0, 0.1) is 20.2 Å². The van der Waals surface area contributed by atoms with Crippen molar-refractivity contribution in [3.8, 4) is 11.5 Å². The van der Waals surface area contributed by atoms with Gasteiger partial charge in [-0.3, -0.25) is 20.2 Å². The van der Waals surface area contributed by atoms with Gasteiger partial charge in [-0.1, -0.05) is 12.1 Å². The van der Waals surface area contributed by atoms with E-state index >= 15 is 0 Å². The smallest absolute Gasteiger partial charge is 0.872 e. The summed E-state index contributed by atoms with van der Waals surface area (Å²) in [5, 5.41) is 39.2. The molecule has 0 aliphatic rings. The van der Waals surface area contributed by atoms with Crippen LogP contribution in [-0.2, 0) is 0 Å². The second-order valence-electron chi connectivity index (χ2n) is 3.52. The number of hydrogen-bond donors (Lipinski definition) is 1. The number of phenols is 1. The van der Waals surface area contributed by atoms with Crippen LogP contribution in [0.4, 0.5) is 11.4 Å². The summed E-state index contributed by atoms with van der Waals surface area (Å²) in [5.74, 6) is -0.184. The molecule has 1 N–H and O–H groups in total. The Kier molecular flexibility index (Phi) is 7.99. The molecule has 0 aromatic heterocycles. The summed E-state index contributed by atoms with van der Waals surface area (Å²) in [7, 11) is 0. The van der Waals surface area contributed by atoms with Crippen molar-refractivity contribution < 1.29 is 49.6 Å². The molecular weight excluding hydrogens is 291 g/mol. The van der Waals surface area contributed by atoms with Crippen molar-refractivity contribution in [2.75, 3.05) is 0 Å². The molecule has 0 unspecified atom stereocenters. The Bertz CT molecular complexity index is 545. The van der Waals surface area contributed by atoms with Gasteiger partial charge in [-0.25, -0.2) is 0 Å². The minimum atomic E-state index is -0.542. The molecule has 2 rings (SSSR count). The van der Waals surface area contributed by atoms with Crippen LogP contribution in [0.1, 0.15) is 0 Å². The largest absolute Gasteiger partial charge is 1.00 e. The summed E-state index contributed by atoms with van der Waals surface area (Å²) in [5.41, 5.74) is -0.0719. The molecular formula is C12H9N2NaO6. The summed E-state index contributed by atoms with van der Waals surface area (Å²) in [6.45, 7) is 0. The number of nitro benzene ring substituents is 2. The second-order valence-corrected chi connectivity index (χ2v) is 3.52. The summed E-state index contributed by atoms with van der Waals surface area (Å²) in [6, 6.07) is 9.74. The van der Waals surface area contributed by atoms with Crippen molar-refractivity contribution in [1.82, 2.24) is 0 Å². The topological polar surface area (TPSA) is 130 Å². The first-order valence-electron chi connectivity index (χ1n) is 5.25. The molecule has 0 amide bonds. The molecule has 8 nitrogen and oxygen atoms in total. The zero-order chi connectivity index (χ0) is 15.1. The van der Waals surface area contributed by atoms with E-state index in [0.717, 1.165) is 12.1 Å². The third-order valence-corrected chi connectivity index (χ3v) is 2.11. The molecule has 0 heterocycles. The third kappa shape index (κ3) is 6.70. The Labute approximate surface area is 141 Å². The molecule has 0 atom stereocenters. The van der Waals surface area contributed by atoms with Gasteiger partial charge in [-0.2, -0.15) is 0 Å². The number of phenolic OH excluding ortho intramolecular Hbond substituents is 1. The molecule has 0 aliphatic heterocycles. The Morgan fingerprint density at radius 2 is 1.10 bits per heavy atom. The van der Waals surface area contributed by atoms with Gasteiger partial charge < -0.3 is 10.2 Å². The van der Waals surface area contributed by atoms with Crippen molar-refractivity contribution in [2.24, 2.45) is 0 Å². The van der Waals surface area contributed by atoms with Crippen LogP contribution < -0.4 is 34.7 Å². The number of non-ortho nitro benzene ring substituents is 2. The van der Waals surface area contributed by atoms with Crippen LogP contribution in [0.25, 0.3) is 0 Å². The zero-order valence-corrected chi connectivity index (χ0v) is 13.0. The van der Waals surface area contributed by atoms with Crippen molar-refractivity contribution >= 4 is 11.4 Å². The van der Waals surface area contributed by atoms with Crippen molar-refractivity contribution in [3.05, 3.63) is 68.8 Å². The first-order chi connectivity index (χ1) is 9.40. The molecule has 2 aromatic carbocycles. The number of aromatic hydroxyl groups is 1. The molecule has 0 aliphatic carbocycles. The van der Waals surface area contributed by atoms with Gasteiger partial charge in [0.15, 0.2) is 0 Å². The molecule has 0 bridgehead atoms. The molecule has 0 radical (unpaired) electrons. The monoisotopic (exact) mass is 300 g/mol. The summed E-state index contributed by atoms with van der Waals surface area (Å²) >= 11 is 0. The summed E-state index contributed by atoms with van der Waals surface area (Å²) in [6.07, 6.45) is 0. The van der Waals surface area contributed by atoms with Gasteiger partial charge >= 0.3 is 29.6 Å². The van der Waals surface area contributed by atoms with Crippen LogP contribution in [0.2, 0.25) is 0 Å². The molecule has 0 fully saturated rings. The van der Waals surface area contributed by atoms with E-state index in [-0.39, 0.29) is 52.4 Å². The van der Waals surface area contributed by atoms with E-state index in [1.807, 2.05) is 0 Å². The van der Waals surface area contributed by atoms with Gasteiger partial charge in [-0.15, -0.1) is 5.75 Å². The van der Waals surface area contributed by atoms with Crippen molar-refractivity contribution in [1.29, 1.82) is 0 Å². The molecule has 104 valence electrons. The standard InChI is InChI=1S/2C6H5NO3.Na/c2*8-6-3-1-5(2-4-6)7(9)10;/h2*1-4,8H;/q;;+1/p-1. The van der Waals surface area contributed by atoms with E-state index < -0.39 is 9.85 Å². The maximum Gasteiger partial charge on any atom is 1.00 e. The molecule has 9 heteroatoms. The van der Waals surface area contributed by atoms with Gasteiger partial charge in [0.25, 0.3) is 11.4 Å². The molecule has 0 saturated carbocycles. The molecule has 21 heavy (non-hydrogen) atoms. The summed E-state index contributed by atoms with van der Waals surface area (Å²) in [4.78, 5) is 19.0. The van der Waals surface area contributed by atoms with Crippen LogP contribution >= 0.6 is 0 Å². The second kappa shape index (κ2) is 8.90. The fraction of sp³-hybridized carbons (Fsp3) is 0. The Balaban J connectivity index is 0.000000364. The predicted octanol–water partition coefficient (Wildman–Crippen LogP) is -1.03. The minimum absolute atomic E-state index is 0. The fourth-order valence-electron chi connectivity index (χ4n) is 1.14. The molecule has 2 aromatic rings. The zero-order valence-electron chi connectivity index (χ0n) is 11.0. The van der Waals surface area contributed by atoms with Gasteiger partial charge in [0.1, 0.15) is 5.75 Å². The van der Waals surface area contributed by atoms with Crippen LogP contribution in [0.15, 0.2) is 48.5 Å². The van der Waals surface area contributed by atoms with E-state index in [0.29, 0.717) is 0 Å². The maximum absolute atomic E-state index is 10.4. The number of benzene rings is 2. The maximum atomic E-state index is 10.4. The number of nitro groups is 2. The van der Waals surface area contributed by atoms with E-state index in [2.05, 4.69) is 0 Å². The number of rotatable bonds is 2. The van der Waals surface area contributed by atoms with E-state index in [9.17, 15) is 25.3 Å². The van der Waals surface area contributed by atoms with Gasteiger partial charge in [0.2, 0.25) is 0 Å². The first kappa shape index (κ1) is 18.8. The van der Waals surface area contributed by atoms with Crippen molar-refractivity contribution in [2.45, 2.75) is 0 Å². The first-order valence-corrected chi connectivity index (χ1v) is 5.25. The minimum Gasteiger partial charge on any atom is -0.872 e. The normalized spacial score (nSPS) is 8.76. The van der Waals surface area contributed by atoms with E-state index in [4.69, 9.17) is 5.11 Å². The average molecular weight is 300 g/mol. The van der Waals surface area contributed by atoms with Crippen LogP contribution in [-0.4, -0.2) is 15.0 Å². The van der Waals surface area contributed by atoms with Crippen LogP contribution in [0.5, 0.6) is 11.5 Å². The Morgan fingerprint density at radius 1 is 0.762 bits per heavy atom. The third-order valence-electron chi connectivity index (χ3n) is 2.11. The predicted molar refractivity (Wildman–Crippen MR) is 67.3 cm³/mol. The molecule has 0 spiro atoms. The molecule has 0 saturated heterocycles. The Hall–Kier alpha value is -2.16. The van der Waals surface area contributed by atoms with Gasteiger partial charge in [0.05, 0.1) is 9.85 Å². The number of nitrogens with zero attached hydrogens (tertiary/aromatic N) is 2. The van der Waals surface area contributed by atoms with Gasteiger partial charge in [0, 0.05) is 24.3 Å².